The van der Waals surface area contributed by atoms with E-state index in [2.05, 4.69) is 0 Å². The molecule has 1 rings (SSSR count). The van der Waals surface area contributed by atoms with Gasteiger partial charge >= 0.3 is 0 Å². The normalized spacial score (nSPS) is 9.80. The number of rotatable bonds is 4. The van der Waals surface area contributed by atoms with E-state index in [9.17, 15) is 4.79 Å². The highest BCUT2D eigenvalue weighted by Gasteiger charge is 2.11. The van der Waals surface area contributed by atoms with E-state index in [1.807, 2.05) is 42.3 Å². The number of nitrogens with zero attached hydrogens (tertiary/aromatic N) is 2. The van der Waals surface area contributed by atoms with Crippen LogP contribution in [0.1, 0.15) is 0 Å². The van der Waals surface area contributed by atoms with Crippen LogP contribution in [-0.2, 0) is 9.63 Å². The Morgan fingerprint density at radius 3 is 2.40 bits per heavy atom. The molecule has 0 aliphatic rings. The number of hydrogen-bond acceptors (Lipinski definition) is 3. The van der Waals surface area contributed by atoms with Crippen molar-refractivity contribution < 1.29 is 9.63 Å². The number of para-hydroxylation sites is 1. The van der Waals surface area contributed by atoms with Crippen LogP contribution in [0.15, 0.2) is 30.3 Å². The molecule has 4 heteroatoms. The maximum atomic E-state index is 11.5. The van der Waals surface area contributed by atoms with Crippen LogP contribution in [0.5, 0.6) is 0 Å². The third kappa shape index (κ3) is 3.25. The molecule has 1 aromatic rings. The van der Waals surface area contributed by atoms with Gasteiger partial charge in [-0.05, 0) is 12.1 Å². The third-order valence-electron chi connectivity index (χ3n) is 2.19. The van der Waals surface area contributed by atoms with E-state index >= 15 is 0 Å². The van der Waals surface area contributed by atoms with Crippen molar-refractivity contribution in [3.8, 4) is 0 Å². The zero-order valence-corrected chi connectivity index (χ0v) is 9.30. The molecule has 0 unspecified atom stereocenters. The molecule has 0 spiro atoms. The lowest BCUT2D eigenvalue weighted by atomic mass is 10.3. The molecule has 0 N–H and O–H groups in total. The zero-order valence-electron chi connectivity index (χ0n) is 9.30. The lowest BCUT2D eigenvalue weighted by Gasteiger charge is -2.21. The zero-order chi connectivity index (χ0) is 11.3. The van der Waals surface area contributed by atoms with Crippen molar-refractivity contribution in [3.05, 3.63) is 30.3 Å². The van der Waals surface area contributed by atoms with Crippen molar-refractivity contribution in [2.75, 3.05) is 32.6 Å². The summed E-state index contributed by atoms with van der Waals surface area (Å²) in [7, 11) is 4.94. The Hall–Kier alpha value is -1.55. The van der Waals surface area contributed by atoms with Crippen LogP contribution >= 0.6 is 0 Å². The molecule has 15 heavy (non-hydrogen) atoms. The first-order valence-corrected chi connectivity index (χ1v) is 4.72. The maximum absolute atomic E-state index is 11.5. The van der Waals surface area contributed by atoms with Gasteiger partial charge in [0.05, 0.1) is 13.7 Å². The standard InChI is InChI=1S/C11H16N2O2/c1-12(9-11(14)13(2)15-3)10-7-5-4-6-8-10/h4-8H,9H2,1-3H3. The van der Waals surface area contributed by atoms with Crippen molar-refractivity contribution in [2.24, 2.45) is 0 Å². The van der Waals surface area contributed by atoms with Crippen LogP contribution in [0.3, 0.4) is 0 Å². The Kier molecular flexibility index (Phi) is 4.12. The molecule has 0 saturated heterocycles. The van der Waals surface area contributed by atoms with Crippen LogP contribution < -0.4 is 4.90 Å². The second-order valence-electron chi connectivity index (χ2n) is 3.27. The molecule has 1 aromatic carbocycles. The van der Waals surface area contributed by atoms with E-state index < -0.39 is 0 Å². The van der Waals surface area contributed by atoms with Crippen LogP contribution in [0.25, 0.3) is 0 Å². The number of hydroxylamine groups is 2. The topological polar surface area (TPSA) is 32.8 Å². The van der Waals surface area contributed by atoms with Crippen LogP contribution in [-0.4, -0.2) is 38.7 Å². The summed E-state index contributed by atoms with van der Waals surface area (Å²) in [6.45, 7) is 0.300. The monoisotopic (exact) mass is 208 g/mol. The summed E-state index contributed by atoms with van der Waals surface area (Å²) in [5, 5.41) is 1.22. The fraction of sp³-hybridized carbons (Fsp3) is 0.364. The minimum atomic E-state index is -0.0798. The highest BCUT2D eigenvalue weighted by molar-refractivity contribution is 5.80. The average molecular weight is 208 g/mol. The summed E-state index contributed by atoms with van der Waals surface area (Å²) in [5.41, 5.74) is 1.01. The van der Waals surface area contributed by atoms with E-state index in [1.165, 1.54) is 12.2 Å². The minimum absolute atomic E-state index is 0.0798. The molecule has 0 fully saturated rings. The first kappa shape index (κ1) is 11.5. The van der Waals surface area contributed by atoms with Crippen LogP contribution in [0, 0.1) is 0 Å². The minimum Gasteiger partial charge on any atom is -0.365 e. The summed E-state index contributed by atoms with van der Waals surface area (Å²) in [6.07, 6.45) is 0. The first-order valence-electron chi connectivity index (χ1n) is 4.72. The summed E-state index contributed by atoms with van der Waals surface area (Å²) in [5.74, 6) is -0.0798. The van der Waals surface area contributed by atoms with Gasteiger partial charge in [0.2, 0.25) is 0 Å². The number of likely N-dealkylation sites (N-methyl/N-ethyl adjacent to an activating group) is 2. The molecule has 0 atom stereocenters. The molecule has 0 heterocycles. The Morgan fingerprint density at radius 1 is 1.27 bits per heavy atom. The van der Waals surface area contributed by atoms with Crippen molar-refractivity contribution in [3.63, 3.8) is 0 Å². The predicted molar refractivity (Wildman–Crippen MR) is 59.5 cm³/mol. The van der Waals surface area contributed by atoms with Crippen molar-refractivity contribution in [1.29, 1.82) is 0 Å². The van der Waals surface area contributed by atoms with E-state index in [4.69, 9.17) is 4.84 Å². The van der Waals surface area contributed by atoms with Gasteiger partial charge < -0.3 is 4.90 Å². The molecule has 0 radical (unpaired) electrons. The van der Waals surface area contributed by atoms with Gasteiger partial charge in [-0.2, -0.15) is 0 Å². The number of hydrogen-bond donors (Lipinski definition) is 0. The molecular formula is C11H16N2O2. The van der Waals surface area contributed by atoms with Gasteiger partial charge in [-0.15, -0.1) is 0 Å². The van der Waals surface area contributed by atoms with Crippen molar-refractivity contribution >= 4 is 11.6 Å². The summed E-state index contributed by atoms with van der Waals surface area (Å²) in [4.78, 5) is 18.2. The summed E-state index contributed by atoms with van der Waals surface area (Å²) >= 11 is 0. The Balaban J connectivity index is 2.56. The Bertz CT molecular complexity index is 314. The third-order valence-corrected chi connectivity index (χ3v) is 2.19. The number of amides is 1. The smallest absolute Gasteiger partial charge is 0.265 e. The molecule has 4 nitrogen and oxygen atoms in total. The highest BCUT2D eigenvalue weighted by atomic mass is 16.7. The van der Waals surface area contributed by atoms with E-state index in [-0.39, 0.29) is 5.91 Å². The molecule has 0 bridgehead atoms. The predicted octanol–water partition coefficient (Wildman–Crippen LogP) is 1.14. The highest BCUT2D eigenvalue weighted by Crippen LogP contribution is 2.10. The number of carbonyl (C=O) groups is 1. The van der Waals surface area contributed by atoms with Gasteiger partial charge in [-0.25, -0.2) is 5.06 Å². The number of benzene rings is 1. The van der Waals surface area contributed by atoms with Crippen molar-refractivity contribution in [2.45, 2.75) is 0 Å². The molecule has 82 valence electrons. The quantitative estimate of drug-likeness (QED) is 0.696. The Labute approximate surface area is 90.0 Å². The molecule has 0 aliphatic heterocycles. The second-order valence-corrected chi connectivity index (χ2v) is 3.27. The molecule has 1 amide bonds. The van der Waals surface area contributed by atoms with E-state index in [0.29, 0.717) is 6.54 Å². The van der Waals surface area contributed by atoms with E-state index in [1.54, 1.807) is 7.05 Å². The van der Waals surface area contributed by atoms with Gasteiger partial charge in [-0.3, -0.25) is 9.63 Å². The Morgan fingerprint density at radius 2 is 1.87 bits per heavy atom. The van der Waals surface area contributed by atoms with Gasteiger partial charge in [0.15, 0.2) is 0 Å². The second kappa shape index (κ2) is 5.36. The fourth-order valence-electron chi connectivity index (χ4n) is 1.18. The lowest BCUT2D eigenvalue weighted by molar-refractivity contribution is -0.166. The van der Waals surface area contributed by atoms with Gasteiger partial charge in [0.25, 0.3) is 5.91 Å². The van der Waals surface area contributed by atoms with Crippen LogP contribution in [0.2, 0.25) is 0 Å². The number of carbonyl (C=O) groups excluding carboxylic acids is 1. The largest absolute Gasteiger partial charge is 0.365 e. The van der Waals surface area contributed by atoms with Gasteiger partial charge in [0, 0.05) is 19.8 Å². The molecule has 0 aromatic heterocycles. The summed E-state index contributed by atoms with van der Waals surface area (Å²) < 4.78 is 0. The number of anilines is 1. The lowest BCUT2D eigenvalue weighted by Crippen LogP contribution is -2.35. The SMILES string of the molecule is CON(C)C(=O)CN(C)c1ccccc1. The maximum Gasteiger partial charge on any atom is 0.265 e. The van der Waals surface area contributed by atoms with Crippen molar-refractivity contribution in [1.82, 2.24) is 5.06 Å². The van der Waals surface area contributed by atoms with Gasteiger partial charge in [0.1, 0.15) is 0 Å². The van der Waals surface area contributed by atoms with Gasteiger partial charge in [-0.1, -0.05) is 18.2 Å². The average Bonchev–Trinajstić information content (AvgIpc) is 2.29. The van der Waals surface area contributed by atoms with E-state index in [0.717, 1.165) is 5.69 Å². The fourth-order valence-corrected chi connectivity index (χ4v) is 1.18. The summed E-state index contributed by atoms with van der Waals surface area (Å²) in [6, 6.07) is 9.74. The molecule has 0 aliphatic carbocycles. The van der Waals surface area contributed by atoms with Crippen LogP contribution in [0.4, 0.5) is 5.69 Å². The molecule has 0 saturated carbocycles. The first-order chi connectivity index (χ1) is 7.15. The molecular weight excluding hydrogens is 192 g/mol.